The Morgan fingerprint density at radius 3 is 2.64 bits per heavy atom. The van der Waals surface area contributed by atoms with Gasteiger partial charge in [-0.25, -0.2) is 0 Å². The molecule has 2 aromatic rings. The molecule has 1 aromatic heterocycles. The Morgan fingerprint density at radius 1 is 1.18 bits per heavy atom. The number of benzene rings is 1. The molecule has 1 atom stereocenters. The van der Waals surface area contributed by atoms with Gasteiger partial charge in [-0.2, -0.15) is 0 Å². The van der Waals surface area contributed by atoms with Crippen LogP contribution < -0.4 is 10.6 Å². The summed E-state index contributed by atoms with van der Waals surface area (Å²) in [6, 6.07) is 10.8. The summed E-state index contributed by atoms with van der Waals surface area (Å²) < 4.78 is 5.23. The van der Waals surface area contributed by atoms with Gasteiger partial charge in [-0.05, 0) is 37.6 Å². The van der Waals surface area contributed by atoms with E-state index in [9.17, 15) is 9.59 Å². The van der Waals surface area contributed by atoms with Crippen LogP contribution in [0.2, 0.25) is 0 Å². The molecule has 0 radical (unpaired) electrons. The largest absolute Gasteiger partial charge is 0.467 e. The number of hydrogen-bond acceptors (Lipinski definition) is 3. The van der Waals surface area contributed by atoms with Gasteiger partial charge in [0.15, 0.2) is 0 Å². The van der Waals surface area contributed by atoms with Gasteiger partial charge in [-0.15, -0.1) is 0 Å². The van der Waals surface area contributed by atoms with Crippen molar-refractivity contribution in [2.75, 3.05) is 6.54 Å². The Kier molecular flexibility index (Phi) is 5.36. The van der Waals surface area contributed by atoms with Gasteiger partial charge in [-0.3, -0.25) is 9.59 Å². The van der Waals surface area contributed by atoms with Crippen molar-refractivity contribution in [2.45, 2.75) is 26.3 Å². The quantitative estimate of drug-likeness (QED) is 0.861. The van der Waals surface area contributed by atoms with Gasteiger partial charge in [0, 0.05) is 18.5 Å². The topological polar surface area (TPSA) is 71.3 Å². The molecule has 0 aliphatic carbocycles. The Morgan fingerprint density at radius 2 is 1.95 bits per heavy atom. The maximum absolute atomic E-state index is 12.0. The van der Waals surface area contributed by atoms with Gasteiger partial charge in [0.1, 0.15) is 5.76 Å². The summed E-state index contributed by atoms with van der Waals surface area (Å²) in [6.07, 6.45) is 1.79. The lowest BCUT2D eigenvalue weighted by atomic mass is 10.1. The van der Waals surface area contributed by atoms with Crippen LogP contribution in [-0.2, 0) is 4.79 Å². The molecule has 0 spiro atoms. The number of carbonyl (C=O) groups excluding carboxylic acids is 2. The summed E-state index contributed by atoms with van der Waals surface area (Å²) in [7, 11) is 0. The summed E-state index contributed by atoms with van der Waals surface area (Å²) in [6.45, 7) is 4.03. The Balaban J connectivity index is 1.75. The molecule has 0 fully saturated rings. The van der Waals surface area contributed by atoms with Crippen LogP contribution in [0.5, 0.6) is 0 Å². The highest BCUT2D eigenvalue weighted by Gasteiger charge is 2.12. The number of aryl methyl sites for hydroxylation is 1. The first-order valence-corrected chi connectivity index (χ1v) is 7.24. The lowest BCUT2D eigenvalue weighted by Gasteiger charge is -2.12. The van der Waals surface area contributed by atoms with Gasteiger partial charge in [-0.1, -0.05) is 18.2 Å². The van der Waals surface area contributed by atoms with Crippen LogP contribution >= 0.6 is 0 Å². The smallest absolute Gasteiger partial charge is 0.251 e. The zero-order valence-corrected chi connectivity index (χ0v) is 12.8. The maximum Gasteiger partial charge on any atom is 0.251 e. The maximum atomic E-state index is 12.0. The van der Waals surface area contributed by atoms with Crippen molar-refractivity contribution in [1.29, 1.82) is 0 Å². The first-order valence-electron chi connectivity index (χ1n) is 7.24. The highest BCUT2D eigenvalue weighted by Crippen LogP contribution is 2.12. The van der Waals surface area contributed by atoms with E-state index < -0.39 is 0 Å². The van der Waals surface area contributed by atoms with Gasteiger partial charge < -0.3 is 15.1 Å². The van der Waals surface area contributed by atoms with Crippen LogP contribution in [0.4, 0.5) is 0 Å². The second-order valence-corrected chi connectivity index (χ2v) is 5.13. The van der Waals surface area contributed by atoms with Crippen molar-refractivity contribution >= 4 is 11.8 Å². The minimum Gasteiger partial charge on any atom is -0.467 e. The first-order chi connectivity index (χ1) is 10.6. The Bertz CT molecular complexity index is 635. The molecule has 1 heterocycles. The molecule has 0 aliphatic rings. The van der Waals surface area contributed by atoms with Crippen LogP contribution in [0.1, 0.15) is 41.1 Å². The Labute approximate surface area is 129 Å². The second kappa shape index (κ2) is 7.45. The van der Waals surface area contributed by atoms with Crippen molar-refractivity contribution in [3.05, 3.63) is 59.5 Å². The molecule has 1 aromatic carbocycles. The third kappa shape index (κ3) is 4.22. The van der Waals surface area contributed by atoms with Crippen molar-refractivity contribution in [2.24, 2.45) is 0 Å². The lowest BCUT2D eigenvalue weighted by Crippen LogP contribution is -2.32. The molecule has 0 aliphatic heterocycles. The molecule has 0 saturated heterocycles. The minimum atomic E-state index is -0.186. The number of furan rings is 1. The predicted octanol–water partition coefficient (Wildman–Crippen LogP) is 2.59. The van der Waals surface area contributed by atoms with E-state index in [4.69, 9.17) is 4.42 Å². The van der Waals surface area contributed by atoms with Crippen molar-refractivity contribution in [3.63, 3.8) is 0 Å². The summed E-state index contributed by atoms with van der Waals surface area (Å²) in [4.78, 5) is 23.8. The van der Waals surface area contributed by atoms with E-state index in [2.05, 4.69) is 10.6 Å². The van der Waals surface area contributed by atoms with Crippen LogP contribution in [-0.4, -0.2) is 18.4 Å². The number of hydrogen-bond donors (Lipinski definition) is 2. The molecule has 5 heteroatoms. The molecule has 0 bridgehead atoms. The fourth-order valence-electron chi connectivity index (χ4n) is 2.13. The van der Waals surface area contributed by atoms with E-state index >= 15 is 0 Å². The average molecular weight is 300 g/mol. The number of carbonyl (C=O) groups is 2. The molecule has 116 valence electrons. The SMILES string of the molecule is Cc1ccccc1C(=O)NCCC(=O)N[C@H](C)c1ccco1. The van der Waals surface area contributed by atoms with Crippen LogP contribution in [0.15, 0.2) is 47.1 Å². The summed E-state index contributed by atoms with van der Waals surface area (Å²) >= 11 is 0. The van der Waals surface area contributed by atoms with Crippen LogP contribution in [0, 0.1) is 6.92 Å². The van der Waals surface area contributed by atoms with Crippen LogP contribution in [0.3, 0.4) is 0 Å². The summed E-state index contributed by atoms with van der Waals surface area (Å²) in [5.41, 5.74) is 1.54. The first kappa shape index (κ1) is 15.8. The summed E-state index contributed by atoms with van der Waals surface area (Å²) in [5, 5.41) is 5.58. The standard InChI is InChI=1S/C17H20N2O3/c1-12-6-3-4-7-14(12)17(21)18-10-9-16(20)19-13(2)15-8-5-11-22-15/h3-8,11,13H,9-10H2,1-2H3,(H,18,21)(H,19,20)/t13-/m1/s1. The monoisotopic (exact) mass is 300 g/mol. The molecule has 0 unspecified atom stereocenters. The van der Waals surface area contributed by atoms with Gasteiger partial charge in [0.2, 0.25) is 5.91 Å². The van der Waals surface area contributed by atoms with Gasteiger partial charge in [0.05, 0.1) is 12.3 Å². The third-order valence-electron chi connectivity index (χ3n) is 3.37. The molecule has 22 heavy (non-hydrogen) atoms. The van der Waals surface area contributed by atoms with Crippen molar-refractivity contribution < 1.29 is 14.0 Å². The molecular formula is C17H20N2O3. The molecular weight excluding hydrogens is 280 g/mol. The fourth-order valence-corrected chi connectivity index (χ4v) is 2.13. The molecule has 2 amide bonds. The van der Waals surface area contributed by atoms with Gasteiger partial charge >= 0.3 is 0 Å². The van der Waals surface area contributed by atoms with E-state index in [1.165, 1.54) is 0 Å². The normalized spacial score (nSPS) is 11.7. The zero-order chi connectivity index (χ0) is 15.9. The van der Waals surface area contributed by atoms with Crippen LogP contribution in [0.25, 0.3) is 0 Å². The Hall–Kier alpha value is -2.56. The number of rotatable bonds is 6. The van der Waals surface area contributed by atoms with Gasteiger partial charge in [0.25, 0.3) is 5.91 Å². The summed E-state index contributed by atoms with van der Waals surface area (Å²) in [5.74, 6) is 0.413. The fraction of sp³-hybridized carbons (Fsp3) is 0.294. The zero-order valence-electron chi connectivity index (χ0n) is 12.8. The molecule has 5 nitrogen and oxygen atoms in total. The highest BCUT2D eigenvalue weighted by atomic mass is 16.3. The second-order valence-electron chi connectivity index (χ2n) is 5.13. The lowest BCUT2D eigenvalue weighted by molar-refractivity contribution is -0.121. The minimum absolute atomic E-state index is 0.131. The van der Waals surface area contributed by atoms with E-state index in [1.807, 2.05) is 38.1 Å². The molecule has 2 rings (SSSR count). The number of nitrogens with one attached hydrogen (secondary N) is 2. The molecule has 2 N–H and O–H groups in total. The van der Waals surface area contributed by atoms with E-state index in [-0.39, 0.29) is 24.3 Å². The number of amides is 2. The van der Waals surface area contributed by atoms with E-state index in [0.717, 1.165) is 5.56 Å². The third-order valence-corrected chi connectivity index (χ3v) is 3.37. The van der Waals surface area contributed by atoms with Crippen molar-refractivity contribution in [1.82, 2.24) is 10.6 Å². The van der Waals surface area contributed by atoms with E-state index in [1.54, 1.807) is 18.4 Å². The van der Waals surface area contributed by atoms with E-state index in [0.29, 0.717) is 17.9 Å². The van der Waals surface area contributed by atoms with Crippen molar-refractivity contribution in [3.8, 4) is 0 Å². The predicted molar refractivity (Wildman–Crippen MR) is 83.4 cm³/mol. The molecule has 0 saturated carbocycles. The highest BCUT2D eigenvalue weighted by molar-refractivity contribution is 5.95. The average Bonchev–Trinajstić information content (AvgIpc) is 3.01.